The lowest BCUT2D eigenvalue weighted by molar-refractivity contribution is 0.102. The van der Waals surface area contributed by atoms with Crippen LogP contribution in [0.2, 0.25) is 5.02 Å². The van der Waals surface area contributed by atoms with E-state index in [-0.39, 0.29) is 5.56 Å². The van der Waals surface area contributed by atoms with E-state index in [2.05, 4.69) is 5.32 Å². The van der Waals surface area contributed by atoms with Gasteiger partial charge >= 0.3 is 5.63 Å². The van der Waals surface area contributed by atoms with Crippen LogP contribution in [-0.2, 0) is 0 Å². The number of hydrogen-bond donors (Lipinski definition) is 1. The fourth-order valence-electron chi connectivity index (χ4n) is 2.14. The summed E-state index contributed by atoms with van der Waals surface area (Å²) in [6, 6.07) is 13.2. The van der Waals surface area contributed by atoms with Crippen LogP contribution in [0.5, 0.6) is 5.75 Å². The number of benzene rings is 2. The molecule has 0 aliphatic heterocycles. The minimum Gasteiger partial charge on any atom is -0.497 e. The molecular weight excluding hydrogens is 318 g/mol. The van der Waals surface area contributed by atoms with E-state index in [0.29, 0.717) is 27.4 Å². The second-order valence-electron chi connectivity index (χ2n) is 4.82. The molecule has 1 heterocycles. The predicted molar refractivity (Wildman–Crippen MR) is 88.4 cm³/mol. The van der Waals surface area contributed by atoms with Gasteiger partial charge in [0.2, 0.25) is 0 Å². The Morgan fingerprint density at radius 2 is 2.00 bits per heavy atom. The van der Waals surface area contributed by atoms with Crippen molar-refractivity contribution in [3.05, 3.63) is 69.5 Å². The number of ether oxygens (including phenoxy) is 1. The zero-order chi connectivity index (χ0) is 16.4. The molecule has 1 N–H and O–H groups in total. The van der Waals surface area contributed by atoms with Gasteiger partial charge in [-0.1, -0.05) is 17.7 Å². The van der Waals surface area contributed by atoms with Crippen LogP contribution in [-0.4, -0.2) is 13.0 Å². The number of halogens is 1. The molecule has 0 spiro atoms. The lowest BCUT2D eigenvalue weighted by Crippen LogP contribution is -2.20. The summed E-state index contributed by atoms with van der Waals surface area (Å²) >= 11 is 5.87. The Balaban J connectivity index is 1.97. The van der Waals surface area contributed by atoms with Gasteiger partial charge in [0, 0.05) is 22.2 Å². The molecule has 3 rings (SSSR count). The van der Waals surface area contributed by atoms with Crippen molar-refractivity contribution < 1.29 is 13.9 Å². The van der Waals surface area contributed by atoms with Gasteiger partial charge in [-0.2, -0.15) is 0 Å². The number of rotatable bonds is 3. The van der Waals surface area contributed by atoms with Crippen molar-refractivity contribution in [1.82, 2.24) is 0 Å². The Morgan fingerprint density at radius 3 is 2.74 bits per heavy atom. The van der Waals surface area contributed by atoms with Crippen LogP contribution in [0.3, 0.4) is 0 Å². The highest BCUT2D eigenvalue weighted by molar-refractivity contribution is 6.31. The second-order valence-corrected chi connectivity index (χ2v) is 5.25. The Bertz CT molecular complexity index is 949. The van der Waals surface area contributed by atoms with E-state index in [4.69, 9.17) is 20.8 Å². The molecule has 0 saturated carbocycles. The zero-order valence-corrected chi connectivity index (χ0v) is 12.9. The minimum absolute atomic E-state index is 0.0809. The Labute approximate surface area is 136 Å². The lowest BCUT2D eigenvalue weighted by Gasteiger charge is -2.06. The molecule has 1 amide bonds. The van der Waals surface area contributed by atoms with E-state index in [0.717, 1.165) is 0 Å². The molecule has 0 fully saturated rings. The summed E-state index contributed by atoms with van der Waals surface area (Å²) in [5.74, 6) is 0.00973. The molecule has 0 unspecified atom stereocenters. The number of hydrogen-bond acceptors (Lipinski definition) is 4. The first-order valence-corrected chi connectivity index (χ1v) is 7.13. The molecule has 23 heavy (non-hydrogen) atoms. The van der Waals surface area contributed by atoms with Gasteiger partial charge in [-0.15, -0.1) is 0 Å². The number of carbonyl (C=O) groups is 1. The van der Waals surface area contributed by atoms with Gasteiger partial charge in [0.1, 0.15) is 16.9 Å². The highest BCUT2D eigenvalue weighted by Crippen LogP contribution is 2.21. The molecule has 0 radical (unpaired) electrons. The Kier molecular flexibility index (Phi) is 4.04. The molecular formula is C17H12ClNO4. The van der Waals surface area contributed by atoms with Crippen molar-refractivity contribution in [2.75, 3.05) is 12.4 Å². The van der Waals surface area contributed by atoms with E-state index in [1.54, 1.807) is 42.5 Å². The van der Waals surface area contributed by atoms with Crippen LogP contribution >= 0.6 is 11.6 Å². The fourth-order valence-corrected chi connectivity index (χ4v) is 2.33. The molecule has 0 saturated heterocycles. The summed E-state index contributed by atoms with van der Waals surface area (Å²) < 4.78 is 10.3. The third kappa shape index (κ3) is 3.19. The van der Waals surface area contributed by atoms with Gasteiger partial charge in [-0.05, 0) is 36.4 Å². The van der Waals surface area contributed by atoms with Gasteiger partial charge in [0.15, 0.2) is 0 Å². The number of carbonyl (C=O) groups excluding carboxylic acids is 1. The first-order chi connectivity index (χ1) is 11.1. The van der Waals surface area contributed by atoms with E-state index < -0.39 is 11.5 Å². The average molecular weight is 330 g/mol. The first-order valence-electron chi connectivity index (χ1n) is 6.75. The molecule has 5 nitrogen and oxygen atoms in total. The number of amides is 1. The number of nitrogens with one attached hydrogen (secondary N) is 1. The first kappa shape index (κ1) is 15.1. The smallest absolute Gasteiger partial charge is 0.349 e. The summed E-state index contributed by atoms with van der Waals surface area (Å²) in [5.41, 5.74) is 0.0540. The molecule has 2 aromatic carbocycles. The highest BCUT2D eigenvalue weighted by atomic mass is 35.5. The summed E-state index contributed by atoms with van der Waals surface area (Å²) in [6.07, 6.45) is 0. The summed E-state index contributed by atoms with van der Waals surface area (Å²) in [4.78, 5) is 24.3. The molecule has 1 aromatic heterocycles. The SMILES string of the molecule is COc1ccc2cc(C(=O)Nc3cccc(Cl)c3)c(=O)oc2c1. The topological polar surface area (TPSA) is 68.5 Å². The summed E-state index contributed by atoms with van der Waals surface area (Å²) in [7, 11) is 1.52. The monoisotopic (exact) mass is 329 g/mol. The fraction of sp³-hybridized carbons (Fsp3) is 0.0588. The van der Waals surface area contributed by atoms with Gasteiger partial charge in [0.05, 0.1) is 7.11 Å². The summed E-state index contributed by atoms with van der Waals surface area (Å²) in [5, 5.41) is 3.73. The van der Waals surface area contributed by atoms with Crippen LogP contribution < -0.4 is 15.7 Å². The van der Waals surface area contributed by atoms with E-state index in [1.807, 2.05) is 0 Å². The molecule has 6 heteroatoms. The molecule has 0 atom stereocenters. The Hall–Kier alpha value is -2.79. The molecule has 0 bridgehead atoms. The van der Waals surface area contributed by atoms with Crippen molar-refractivity contribution in [1.29, 1.82) is 0 Å². The van der Waals surface area contributed by atoms with Gasteiger partial charge < -0.3 is 14.5 Å². The van der Waals surface area contributed by atoms with E-state index >= 15 is 0 Å². The van der Waals surface area contributed by atoms with Crippen molar-refractivity contribution >= 4 is 34.2 Å². The van der Waals surface area contributed by atoms with Crippen LogP contribution in [0.4, 0.5) is 5.69 Å². The van der Waals surface area contributed by atoms with Crippen LogP contribution in [0.1, 0.15) is 10.4 Å². The highest BCUT2D eigenvalue weighted by Gasteiger charge is 2.14. The Morgan fingerprint density at radius 1 is 1.17 bits per heavy atom. The lowest BCUT2D eigenvalue weighted by atomic mass is 10.1. The third-order valence-corrected chi connectivity index (χ3v) is 3.51. The minimum atomic E-state index is -0.717. The van der Waals surface area contributed by atoms with Crippen molar-refractivity contribution in [3.8, 4) is 5.75 Å². The van der Waals surface area contributed by atoms with Crippen molar-refractivity contribution in [2.24, 2.45) is 0 Å². The largest absolute Gasteiger partial charge is 0.497 e. The average Bonchev–Trinajstić information content (AvgIpc) is 2.53. The van der Waals surface area contributed by atoms with E-state index in [1.165, 1.54) is 13.2 Å². The number of methoxy groups -OCH3 is 1. The van der Waals surface area contributed by atoms with Crippen molar-refractivity contribution in [3.63, 3.8) is 0 Å². The molecule has 116 valence electrons. The standard InChI is InChI=1S/C17H12ClNO4/c1-22-13-6-5-10-7-14(17(21)23-15(10)9-13)16(20)19-12-4-2-3-11(18)8-12/h2-9H,1H3,(H,19,20). The number of fused-ring (bicyclic) bond motifs is 1. The maximum atomic E-state index is 12.3. The molecule has 3 aromatic rings. The summed E-state index contributed by atoms with van der Waals surface area (Å²) in [6.45, 7) is 0. The third-order valence-electron chi connectivity index (χ3n) is 3.27. The van der Waals surface area contributed by atoms with Crippen LogP contribution in [0.25, 0.3) is 11.0 Å². The maximum Gasteiger partial charge on any atom is 0.349 e. The van der Waals surface area contributed by atoms with Crippen LogP contribution in [0.15, 0.2) is 57.7 Å². The van der Waals surface area contributed by atoms with E-state index in [9.17, 15) is 9.59 Å². The van der Waals surface area contributed by atoms with Gasteiger partial charge in [-0.3, -0.25) is 4.79 Å². The zero-order valence-electron chi connectivity index (χ0n) is 12.1. The predicted octanol–water partition coefficient (Wildman–Crippen LogP) is 3.71. The van der Waals surface area contributed by atoms with Crippen molar-refractivity contribution in [2.45, 2.75) is 0 Å². The van der Waals surface area contributed by atoms with Crippen LogP contribution in [0, 0.1) is 0 Å². The normalized spacial score (nSPS) is 10.5. The number of anilines is 1. The quantitative estimate of drug-likeness (QED) is 0.744. The van der Waals surface area contributed by atoms with Gasteiger partial charge in [0.25, 0.3) is 5.91 Å². The molecule has 0 aliphatic carbocycles. The van der Waals surface area contributed by atoms with Gasteiger partial charge in [-0.25, -0.2) is 4.79 Å². The second kappa shape index (κ2) is 6.14. The maximum absolute atomic E-state index is 12.3. The molecule has 0 aliphatic rings.